The van der Waals surface area contributed by atoms with Gasteiger partial charge in [0.25, 0.3) is 0 Å². The number of hydrogen-bond donors (Lipinski definition) is 1. The number of halogens is 1. The molecule has 0 fully saturated rings. The highest BCUT2D eigenvalue weighted by atomic mass is 19.1. The van der Waals surface area contributed by atoms with Crippen LogP contribution in [0, 0.1) is 12.7 Å². The zero-order chi connectivity index (χ0) is 12.8. The second-order valence-corrected chi connectivity index (χ2v) is 4.10. The van der Waals surface area contributed by atoms with E-state index < -0.39 is 0 Å². The summed E-state index contributed by atoms with van der Waals surface area (Å²) in [5, 5.41) is 3.18. The molecule has 1 atom stereocenters. The van der Waals surface area contributed by atoms with Crippen LogP contribution in [0.4, 0.5) is 4.39 Å². The van der Waals surface area contributed by atoms with Crippen molar-refractivity contribution in [3.8, 4) is 0 Å². The van der Waals surface area contributed by atoms with Crippen molar-refractivity contribution in [1.82, 2.24) is 5.32 Å². The van der Waals surface area contributed by atoms with Gasteiger partial charge in [0, 0.05) is 26.3 Å². The molecule has 17 heavy (non-hydrogen) atoms. The third-order valence-electron chi connectivity index (χ3n) is 2.69. The fraction of sp³-hybridized carbons (Fsp3) is 0.538. The predicted octanol–water partition coefficient (Wildman–Crippen LogP) is 2.23. The van der Waals surface area contributed by atoms with Crippen molar-refractivity contribution >= 4 is 0 Å². The average Bonchev–Trinajstić information content (AvgIpc) is 2.32. The standard InChI is InChI=1S/C13H20FNO2/c1-9-5-6-12(14)11(7-9)8-15-10(2)13(16-3)17-4/h5-7,10,13,15H,8H2,1-4H3. The fourth-order valence-electron chi connectivity index (χ4n) is 1.71. The topological polar surface area (TPSA) is 30.5 Å². The van der Waals surface area contributed by atoms with Gasteiger partial charge in [-0.2, -0.15) is 0 Å². The van der Waals surface area contributed by atoms with Gasteiger partial charge in [0.2, 0.25) is 0 Å². The summed E-state index contributed by atoms with van der Waals surface area (Å²) >= 11 is 0. The Morgan fingerprint density at radius 3 is 2.53 bits per heavy atom. The van der Waals surface area contributed by atoms with Crippen molar-refractivity contribution in [2.75, 3.05) is 14.2 Å². The quantitative estimate of drug-likeness (QED) is 0.775. The molecule has 1 aromatic carbocycles. The SMILES string of the molecule is COC(OC)C(C)NCc1cc(C)ccc1F. The molecule has 0 bridgehead atoms. The Morgan fingerprint density at radius 1 is 1.29 bits per heavy atom. The van der Waals surface area contributed by atoms with Gasteiger partial charge >= 0.3 is 0 Å². The molecule has 0 heterocycles. The molecule has 1 N–H and O–H groups in total. The van der Waals surface area contributed by atoms with Gasteiger partial charge in [0.05, 0.1) is 6.04 Å². The Bertz CT molecular complexity index is 353. The van der Waals surface area contributed by atoms with Crippen molar-refractivity contribution in [1.29, 1.82) is 0 Å². The number of methoxy groups -OCH3 is 2. The molecule has 0 aliphatic carbocycles. The Kier molecular flexibility index (Phi) is 5.55. The minimum atomic E-state index is -0.331. The molecule has 0 radical (unpaired) electrons. The van der Waals surface area contributed by atoms with E-state index in [0.29, 0.717) is 12.1 Å². The van der Waals surface area contributed by atoms with Crippen molar-refractivity contribution in [3.05, 3.63) is 35.1 Å². The van der Waals surface area contributed by atoms with Crippen molar-refractivity contribution in [2.24, 2.45) is 0 Å². The molecule has 0 amide bonds. The zero-order valence-corrected chi connectivity index (χ0v) is 10.8. The maximum Gasteiger partial charge on any atom is 0.171 e. The third kappa shape index (κ3) is 4.07. The minimum absolute atomic E-state index is 0.00934. The second kappa shape index (κ2) is 6.69. The maximum atomic E-state index is 13.5. The number of benzene rings is 1. The summed E-state index contributed by atoms with van der Waals surface area (Å²) in [5.74, 6) is -0.193. The van der Waals surface area contributed by atoms with Crippen LogP contribution in [0.5, 0.6) is 0 Å². The summed E-state index contributed by atoms with van der Waals surface area (Å²) in [6.07, 6.45) is -0.331. The zero-order valence-electron chi connectivity index (χ0n) is 10.8. The molecule has 0 aliphatic heterocycles. The molecule has 1 unspecified atom stereocenters. The van der Waals surface area contributed by atoms with Crippen LogP contribution in [-0.2, 0) is 16.0 Å². The van der Waals surface area contributed by atoms with Crippen molar-refractivity contribution < 1.29 is 13.9 Å². The highest BCUT2D eigenvalue weighted by Crippen LogP contribution is 2.10. The van der Waals surface area contributed by atoms with Gasteiger partial charge in [0.15, 0.2) is 6.29 Å². The van der Waals surface area contributed by atoms with E-state index in [2.05, 4.69) is 5.32 Å². The van der Waals surface area contributed by atoms with E-state index in [4.69, 9.17) is 9.47 Å². The molecule has 1 aromatic rings. The molecular weight excluding hydrogens is 221 g/mol. The summed E-state index contributed by atoms with van der Waals surface area (Å²) in [6.45, 7) is 4.34. The largest absolute Gasteiger partial charge is 0.354 e. The van der Waals surface area contributed by atoms with E-state index in [1.54, 1.807) is 20.3 Å². The first kappa shape index (κ1) is 14.1. The number of ether oxygens (including phenoxy) is 2. The van der Waals surface area contributed by atoms with Gasteiger partial charge in [-0.05, 0) is 19.9 Å². The Labute approximate surface area is 102 Å². The monoisotopic (exact) mass is 241 g/mol. The molecule has 0 aromatic heterocycles. The third-order valence-corrected chi connectivity index (χ3v) is 2.69. The van der Waals surface area contributed by atoms with Gasteiger partial charge in [-0.15, -0.1) is 0 Å². The van der Waals surface area contributed by atoms with Crippen LogP contribution in [0.2, 0.25) is 0 Å². The maximum absolute atomic E-state index is 13.5. The van der Waals surface area contributed by atoms with E-state index in [1.807, 2.05) is 19.9 Å². The number of rotatable bonds is 6. The summed E-state index contributed by atoms with van der Waals surface area (Å²) in [4.78, 5) is 0. The Hall–Kier alpha value is -0.970. The number of nitrogens with one attached hydrogen (secondary N) is 1. The summed E-state index contributed by atoms with van der Waals surface area (Å²) < 4.78 is 23.7. The first-order chi connectivity index (χ1) is 8.08. The molecule has 4 heteroatoms. The van der Waals surface area contributed by atoms with E-state index >= 15 is 0 Å². The molecule has 1 rings (SSSR count). The predicted molar refractivity (Wildman–Crippen MR) is 65.2 cm³/mol. The number of aryl methyl sites for hydroxylation is 1. The molecular formula is C13H20FNO2. The molecule has 0 saturated carbocycles. The molecule has 0 saturated heterocycles. The summed E-state index contributed by atoms with van der Waals surface area (Å²) in [7, 11) is 3.17. The minimum Gasteiger partial charge on any atom is -0.354 e. The van der Waals surface area contributed by atoms with E-state index in [9.17, 15) is 4.39 Å². The van der Waals surface area contributed by atoms with Crippen LogP contribution in [-0.4, -0.2) is 26.6 Å². The van der Waals surface area contributed by atoms with Crippen LogP contribution in [0.25, 0.3) is 0 Å². The van der Waals surface area contributed by atoms with Crippen molar-refractivity contribution in [3.63, 3.8) is 0 Å². The fourth-order valence-corrected chi connectivity index (χ4v) is 1.71. The van der Waals surface area contributed by atoms with Gasteiger partial charge < -0.3 is 14.8 Å². The molecule has 0 spiro atoms. The normalized spacial score (nSPS) is 13.1. The van der Waals surface area contributed by atoms with E-state index in [1.165, 1.54) is 6.07 Å². The highest BCUT2D eigenvalue weighted by molar-refractivity contribution is 5.23. The molecule has 3 nitrogen and oxygen atoms in total. The first-order valence-electron chi connectivity index (χ1n) is 5.62. The van der Waals surface area contributed by atoms with Gasteiger partial charge in [0.1, 0.15) is 5.82 Å². The smallest absolute Gasteiger partial charge is 0.171 e. The first-order valence-corrected chi connectivity index (χ1v) is 5.62. The van der Waals surface area contributed by atoms with Crippen LogP contribution >= 0.6 is 0 Å². The Balaban J connectivity index is 2.57. The highest BCUT2D eigenvalue weighted by Gasteiger charge is 2.15. The lowest BCUT2D eigenvalue weighted by Gasteiger charge is -2.22. The van der Waals surface area contributed by atoms with Crippen LogP contribution in [0.1, 0.15) is 18.1 Å². The summed E-state index contributed by atoms with van der Waals surface area (Å²) in [5.41, 5.74) is 1.70. The second-order valence-electron chi connectivity index (χ2n) is 4.10. The molecule has 96 valence electrons. The van der Waals surface area contributed by atoms with E-state index in [-0.39, 0.29) is 18.1 Å². The average molecular weight is 241 g/mol. The lowest BCUT2D eigenvalue weighted by molar-refractivity contribution is -0.119. The number of hydrogen-bond acceptors (Lipinski definition) is 3. The van der Waals surface area contributed by atoms with Crippen LogP contribution in [0.3, 0.4) is 0 Å². The van der Waals surface area contributed by atoms with Crippen LogP contribution in [0.15, 0.2) is 18.2 Å². The Morgan fingerprint density at radius 2 is 1.94 bits per heavy atom. The lowest BCUT2D eigenvalue weighted by Crippen LogP contribution is -2.39. The van der Waals surface area contributed by atoms with Crippen LogP contribution < -0.4 is 5.32 Å². The van der Waals surface area contributed by atoms with Crippen molar-refractivity contribution in [2.45, 2.75) is 32.7 Å². The summed E-state index contributed by atoms with van der Waals surface area (Å²) in [6, 6.07) is 5.07. The molecule has 0 aliphatic rings. The van der Waals surface area contributed by atoms with Gasteiger partial charge in [-0.25, -0.2) is 4.39 Å². The lowest BCUT2D eigenvalue weighted by atomic mass is 10.1. The van der Waals surface area contributed by atoms with Gasteiger partial charge in [-0.1, -0.05) is 17.7 Å². The van der Waals surface area contributed by atoms with Gasteiger partial charge in [-0.3, -0.25) is 0 Å². The van der Waals surface area contributed by atoms with E-state index in [0.717, 1.165) is 5.56 Å².